The molecule has 0 radical (unpaired) electrons. The third kappa shape index (κ3) is 3.21. The summed E-state index contributed by atoms with van der Waals surface area (Å²) in [5, 5.41) is 11.7. The largest absolute Gasteiger partial charge is 0.409 e. The third-order valence-corrected chi connectivity index (χ3v) is 3.04. The number of benzene rings is 1. The molecular weight excluding hydrogens is 232 g/mol. The van der Waals surface area contributed by atoms with Crippen molar-refractivity contribution >= 4 is 5.84 Å². The number of oxime groups is 1. The Morgan fingerprint density at radius 3 is 3.06 bits per heavy atom. The van der Waals surface area contributed by atoms with Crippen molar-refractivity contribution in [2.24, 2.45) is 16.8 Å². The van der Waals surface area contributed by atoms with Crippen molar-refractivity contribution < 1.29 is 14.7 Å². The molecule has 5 nitrogen and oxygen atoms in total. The summed E-state index contributed by atoms with van der Waals surface area (Å²) in [6.07, 6.45) is 1.06. The number of hydrogen-bond donors (Lipinski definition) is 2. The van der Waals surface area contributed by atoms with Crippen LogP contribution < -0.4 is 5.73 Å². The Kier molecular flexibility index (Phi) is 4.55. The van der Waals surface area contributed by atoms with E-state index in [-0.39, 0.29) is 5.84 Å². The Balaban J connectivity index is 1.92. The Hall–Kier alpha value is -1.59. The Bertz CT molecular complexity index is 414. The maximum absolute atomic E-state index is 8.72. The van der Waals surface area contributed by atoms with E-state index in [1.807, 2.05) is 24.3 Å². The van der Waals surface area contributed by atoms with E-state index in [4.69, 9.17) is 20.4 Å². The predicted octanol–water partition coefficient (Wildman–Crippen LogP) is 1.33. The Morgan fingerprint density at radius 1 is 1.50 bits per heavy atom. The molecule has 1 atom stereocenters. The van der Waals surface area contributed by atoms with E-state index in [1.165, 1.54) is 0 Å². The van der Waals surface area contributed by atoms with Gasteiger partial charge in [-0.15, -0.1) is 0 Å². The van der Waals surface area contributed by atoms with Gasteiger partial charge in [0.05, 0.1) is 19.8 Å². The Morgan fingerprint density at radius 2 is 2.33 bits per heavy atom. The molecule has 3 N–H and O–H groups in total. The average molecular weight is 250 g/mol. The van der Waals surface area contributed by atoms with Crippen LogP contribution >= 0.6 is 0 Å². The summed E-state index contributed by atoms with van der Waals surface area (Å²) < 4.78 is 11.0. The third-order valence-electron chi connectivity index (χ3n) is 3.04. The smallest absolute Gasteiger partial charge is 0.170 e. The molecule has 1 aliphatic heterocycles. The minimum Gasteiger partial charge on any atom is -0.409 e. The van der Waals surface area contributed by atoms with E-state index in [1.54, 1.807) is 0 Å². The fraction of sp³-hybridized carbons (Fsp3) is 0.462. The molecule has 18 heavy (non-hydrogen) atoms. The molecule has 0 spiro atoms. The molecule has 1 saturated heterocycles. The topological polar surface area (TPSA) is 77.1 Å². The van der Waals surface area contributed by atoms with E-state index in [2.05, 4.69) is 5.16 Å². The predicted molar refractivity (Wildman–Crippen MR) is 67.5 cm³/mol. The van der Waals surface area contributed by atoms with Gasteiger partial charge in [0.15, 0.2) is 5.84 Å². The Labute approximate surface area is 106 Å². The first-order chi connectivity index (χ1) is 8.81. The van der Waals surface area contributed by atoms with Gasteiger partial charge in [-0.3, -0.25) is 0 Å². The van der Waals surface area contributed by atoms with E-state index >= 15 is 0 Å². The van der Waals surface area contributed by atoms with Gasteiger partial charge in [0.25, 0.3) is 0 Å². The lowest BCUT2D eigenvalue weighted by atomic mass is 10.1. The van der Waals surface area contributed by atoms with Gasteiger partial charge in [0.2, 0.25) is 0 Å². The number of amidine groups is 1. The zero-order valence-corrected chi connectivity index (χ0v) is 10.2. The second kappa shape index (κ2) is 6.37. The zero-order valence-electron chi connectivity index (χ0n) is 10.2. The normalized spacial score (nSPS) is 20.2. The summed E-state index contributed by atoms with van der Waals surface area (Å²) in [5.74, 6) is 0.597. The summed E-state index contributed by atoms with van der Waals surface area (Å²) >= 11 is 0. The fourth-order valence-electron chi connectivity index (χ4n) is 2.00. The SMILES string of the molecule is NC(=NO)c1ccccc1COCC1CCOC1. The van der Waals surface area contributed by atoms with Crippen LogP contribution in [0.2, 0.25) is 0 Å². The zero-order chi connectivity index (χ0) is 12.8. The van der Waals surface area contributed by atoms with Crippen LogP contribution in [0.15, 0.2) is 29.4 Å². The maximum atomic E-state index is 8.72. The van der Waals surface area contributed by atoms with Gasteiger partial charge in [0.1, 0.15) is 0 Å². The van der Waals surface area contributed by atoms with Crippen LogP contribution in [0, 0.1) is 5.92 Å². The molecule has 1 unspecified atom stereocenters. The van der Waals surface area contributed by atoms with Gasteiger partial charge in [-0.25, -0.2) is 0 Å². The van der Waals surface area contributed by atoms with E-state index in [0.717, 1.165) is 25.2 Å². The monoisotopic (exact) mass is 250 g/mol. The molecule has 1 heterocycles. The highest BCUT2D eigenvalue weighted by Gasteiger charge is 2.16. The van der Waals surface area contributed by atoms with Crippen LogP contribution in [0.1, 0.15) is 17.5 Å². The van der Waals surface area contributed by atoms with Gasteiger partial charge < -0.3 is 20.4 Å². The van der Waals surface area contributed by atoms with Crippen molar-refractivity contribution in [2.75, 3.05) is 19.8 Å². The molecule has 1 aromatic carbocycles. The van der Waals surface area contributed by atoms with Gasteiger partial charge in [-0.05, 0) is 12.0 Å². The second-order valence-corrected chi connectivity index (χ2v) is 4.39. The van der Waals surface area contributed by atoms with E-state index in [0.29, 0.717) is 24.7 Å². The van der Waals surface area contributed by atoms with Gasteiger partial charge in [0, 0.05) is 18.1 Å². The van der Waals surface area contributed by atoms with Crippen molar-refractivity contribution in [3.8, 4) is 0 Å². The van der Waals surface area contributed by atoms with E-state index in [9.17, 15) is 0 Å². The van der Waals surface area contributed by atoms with Crippen LogP contribution in [0.4, 0.5) is 0 Å². The lowest BCUT2D eigenvalue weighted by molar-refractivity contribution is 0.0790. The quantitative estimate of drug-likeness (QED) is 0.358. The molecule has 1 aliphatic rings. The van der Waals surface area contributed by atoms with Gasteiger partial charge >= 0.3 is 0 Å². The number of hydrogen-bond acceptors (Lipinski definition) is 4. The van der Waals surface area contributed by atoms with Crippen LogP contribution in [-0.2, 0) is 16.1 Å². The van der Waals surface area contributed by atoms with Gasteiger partial charge in [-0.2, -0.15) is 0 Å². The molecule has 0 amide bonds. The molecule has 1 aromatic rings. The number of ether oxygens (including phenoxy) is 2. The first-order valence-corrected chi connectivity index (χ1v) is 6.02. The molecule has 0 saturated carbocycles. The highest BCUT2D eigenvalue weighted by molar-refractivity contribution is 5.98. The van der Waals surface area contributed by atoms with E-state index < -0.39 is 0 Å². The molecular formula is C13H18N2O3. The maximum Gasteiger partial charge on any atom is 0.170 e. The number of nitrogens with two attached hydrogens (primary N) is 1. The minimum atomic E-state index is 0.110. The van der Waals surface area contributed by atoms with Crippen molar-refractivity contribution in [2.45, 2.75) is 13.0 Å². The standard InChI is InChI=1S/C13H18N2O3/c14-13(15-16)12-4-2-1-3-11(12)9-18-8-10-5-6-17-7-10/h1-4,10,16H,5-9H2,(H2,14,15). The summed E-state index contributed by atoms with van der Waals surface area (Å²) in [6, 6.07) is 7.48. The highest BCUT2D eigenvalue weighted by Crippen LogP contribution is 2.15. The number of rotatable bonds is 5. The molecule has 0 aromatic heterocycles. The van der Waals surface area contributed by atoms with Crippen LogP contribution in [0.3, 0.4) is 0 Å². The van der Waals surface area contributed by atoms with Crippen molar-refractivity contribution in [1.82, 2.24) is 0 Å². The minimum absolute atomic E-state index is 0.110. The molecule has 1 fully saturated rings. The lowest BCUT2D eigenvalue weighted by Crippen LogP contribution is -2.16. The average Bonchev–Trinajstić information content (AvgIpc) is 2.92. The van der Waals surface area contributed by atoms with Crippen LogP contribution in [0.25, 0.3) is 0 Å². The first kappa shape index (κ1) is 12.9. The van der Waals surface area contributed by atoms with Crippen molar-refractivity contribution in [3.63, 3.8) is 0 Å². The summed E-state index contributed by atoms with van der Waals surface area (Å²) in [6.45, 7) is 2.75. The first-order valence-electron chi connectivity index (χ1n) is 6.02. The molecule has 2 rings (SSSR count). The fourth-order valence-corrected chi connectivity index (χ4v) is 2.00. The molecule has 0 bridgehead atoms. The summed E-state index contributed by atoms with van der Waals surface area (Å²) in [4.78, 5) is 0. The summed E-state index contributed by atoms with van der Waals surface area (Å²) in [5.41, 5.74) is 7.25. The van der Waals surface area contributed by atoms with Crippen molar-refractivity contribution in [3.05, 3.63) is 35.4 Å². The van der Waals surface area contributed by atoms with Crippen LogP contribution in [-0.4, -0.2) is 30.9 Å². The molecule has 98 valence electrons. The van der Waals surface area contributed by atoms with Gasteiger partial charge in [-0.1, -0.05) is 29.4 Å². The van der Waals surface area contributed by atoms with Crippen LogP contribution in [0.5, 0.6) is 0 Å². The van der Waals surface area contributed by atoms with Crippen molar-refractivity contribution in [1.29, 1.82) is 0 Å². The summed E-state index contributed by atoms with van der Waals surface area (Å²) in [7, 11) is 0. The second-order valence-electron chi connectivity index (χ2n) is 4.39. The molecule has 5 heteroatoms. The molecule has 0 aliphatic carbocycles. The number of nitrogens with zero attached hydrogens (tertiary/aromatic N) is 1. The lowest BCUT2D eigenvalue weighted by Gasteiger charge is -2.11. The highest BCUT2D eigenvalue weighted by atomic mass is 16.5.